The number of hydrogen-bond acceptors (Lipinski definition) is 7. The highest BCUT2D eigenvalue weighted by Crippen LogP contribution is 2.29. The maximum absolute atomic E-state index is 11.7. The van der Waals surface area contributed by atoms with E-state index >= 15 is 0 Å². The number of ether oxygens (including phenoxy) is 3. The van der Waals surface area contributed by atoms with Crippen LogP contribution in [0.2, 0.25) is 0 Å². The van der Waals surface area contributed by atoms with Crippen LogP contribution in [-0.4, -0.2) is 33.3 Å². The Hall–Kier alpha value is -3.01. The van der Waals surface area contributed by atoms with Crippen LogP contribution in [0.15, 0.2) is 30.0 Å². The zero-order valence-corrected chi connectivity index (χ0v) is 11.8. The van der Waals surface area contributed by atoms with Crippen LogP contribution in [-0.2, 0) is 19.1 Å². The van der Waals surface area contributed by atoms with Crippen LogP contribution >= 0.6 is 0 Å². The average molecular weight is 290 g/mol. The Morgan fingerprint density at radius 2 is 1.95 bits per heavy atom. The maximum Gasteiger partial charge on any atom is 0.354 e. The molecule has 0 spiro atoms. The Balaban J connectivity index is 3.27. The molecule has 0 fully saturated rings. The Morgan fingerprint density at radius 3 is 2.48 bits per heavy atom. The summed E-state index contributed by atoms with van der Waals surface area (Å²) in [7, 11) is 3.77. The number of hydrogen-bond donors (Lipinski definition) is 1. The van der Waals surface area contributed by atoms with Gasteiger partial charge >= 0.3 is 11.9 Å². The number of carbonyl (C=O) groups excluding carboxylic acids is 2. The first-order valence-electron chi connectivity index (χ1n) is 5.79. The first-order chi connectivity index (χ1) is 10.1. The molecule has 0 saturated heterocycles. The number of nitriles is 1. The van der Waals surface area contributed by atoms with E-state index < -0.39 is 11.9 Å². The molecule has 110 valence electrons. The van der Waals surface area contributed by atoms with Crippen LogP contribution in [0.25, 0.3) is 0 Å². The number of nitrogens with zero attached hydrogens (tertiary/aromatic N) is 1. The van der Waals surface area contributed by atoms with Gasteiger partial charge in [-0.2, -0.15) is 5.26 Å². The first-order valence-corrected chi connectivity index (χ1v) is 5.79. The average Bonchev–Trinajstić information content (AvgIpc) is 2.53. The minimum atomic E-state index is -0.782. The lowest BCUT2D eigenvalue weighted by Crippen LogP contribution is -2.16. The van der Waals surface area contributed by atoms with Gasteiger partial charge in [0.15, 0.2) is 0 Å². The number of esters is 2. The second-order valence-electron chi connectivity index (χ2n) is 3.69. The molecule has 0 heterocycles. The molecule has 0 aliphatic carbocycles. The van der Waals surface area contributed by atoms with E-state index in [4.69, 9.17) is 10.00 Å². The fraction of sp³-hybridized carbons (Fsp3) is 0.214. The fourth-order valence-corrected chi connectivity index (χ4v) is 1.49. The van der Waals surface area contributed by atoms with Crippen molar-refractivity contribution in [3.8, 4) is 11.8 Å². The third kappa shape index (κ3) is 3.98. The Morgan fingerprint density at radius 1 is 1.24 bits per heavy atom. The van der Waals surface area contributed by atoms with Crippen LogP contribution in [0.1, 0.15) is 5.56 Å². The standard InChI is InChI=1S/C14H14N2O5/c1-19-11-6-4-5-9(8-15)13(11)16-10(14(18)21-3)7-12(17)20-2/h4-7,16H,1-3H3/b10-7+. The molecular formula is C14H14N2O5. The predicted octanol–water partition coefficient (Wildman–Crippen LogP) is 1.21. The number of methoxy groups -OCH3 is 3. The molecule has 0 radical (unpaired) electrons. The molecule has 0 aromatic heterocycles. The van der Waals surface area contributed by atoms with Crippen molar-refractivity contribution in [2.45, 2.75) is 0 Å². The number of benzene rings is 1. The molecule has 0 aliphatic rings. The monoisotopic (exact) mass is 290 g/mol. The summed E-state index contributed by atoms with van der Waals surface area (Å²) in [4.78, 5) is 23.0. The Kier molecular flexibility index (Phi) is 5.77. The highest BCUT2D eigenvalue weighted by atomic mass is 16.5. The van der Waals surface area contributed by atoms with Crippen molar-refractivity contribution in [1.82, 2.24) is 0 Å². The molecule has 0 atom stereocenters. The summed E-state index contributed by atoms with van der Waals surface area (Å²) in [6.45, 7) is 0. The highest BCUT2D eigenvalue weighted by molar-refractivity contribution is 5.99. The van der Waals surface area contributed by atoms with Gasteiger partial charge in [0.2, 0.25) is 0 Å². The molecule has 0 amide bonds. The van der Waals surface area contributed by atoms with Crippen molar-refractivity contribution in [3.05, 3.63) is 35.5 Å². The van der Waals surface area contributed by atoms with Crippen molar-refractivity contribution in [1.29, 1.82) is 5.26 Å². The minimum absolute atomic E-state index is 0.176. The SMILES string of the molecule is COC(=O)/C=C(/Nc1c(C#N)cccc1OC)C(=O)OC. The van der Waals surface area contributed by atoms with Gasteiger partial charge in [0.1, 0.15) is 17.5 Å². The second kappa shape index (κ2) is 7.55. The topological polar surface area (TPSA) is 97.6 Å². The number of anilines is 1. The quantitative estimate of drug-likeness (QED) is 0.642. The highest BCUT2D eigenvalue weighted by Gasteiger charge is 2.17. The summed E-state index contributed by atoms with van der Waals surface area (Å²) in [6.07, 6.45) is 0.930. The van der Waals surface area contributed by atoms with Gasteiger partial charge in [-0.25, -0.2) is 9.59 Å². The number of para-hydroxylation sites is 1. The largest absolute Gasteiger partial charge is 0.495 e. The van der Waals surface area contributed by atoms with Crippen molar-refractivity contribution in [2.24, 2.45) is 0 Å². The smallest absolute Gasteiger partial charge is 0.354 e. The van der Waals surface area contributed by atoms with Gasteiger partial charge in [-0.1, -0.05) is 6.07 Å². The molecule has 1 N–H and O–H groups in total. The molecule has 0 aliphatic heterocycles. The van der Waals surface area contributed by atoms with Crippen molar-refractivity contribution >= 4 is 17.6 Å². The molecule has 0 unspecified atom stereocenters. The van der Waals surface area contributed by atoms with Gasteiger partial charge in [-0.3, -0.25) is 0 Å². The fourth-order valence-electron chi connectivity index (χ4n) is 1.49. The lowest BCUT2D eigenvalue weighted by atomic mass is 10.1. The van der Waals surface area contributed by atoms with E-state index in [1.807, 2.05) is 6.07 Å². The van der Waals surface area contributed by atoms with Crippen LogP contribution < -0.4 is 10.1 Å². The van der Waals surface area contributed by atoms with Crippen molar-refractivity contribution in [3.63, 3.8) is 0 Å². The van der Waals surface area contributed by atoms with Crippen LogP contribution in [0.4, 0.5) is 5.69 Å². The summed E-state index contributed by atoms with van der Waals surface area (Å²) in [5.74, 6) is -1.18. The molecule has 1 rings (SSSR count). The maximum atomic E-state index is 11.7. The normalized spacial score (nSPS) is 10.3. The van der Waals surface area contributed by atoms with E-state index in [1.54, 1.807) is 12.1 Å². The third-order valence-electron chi connectivity index (χ3n) is 2.49. The van der Waals surface area contributed by atoms with Crippen LogP contribution in [0.5, 0.6) is 5.75 Å². The predicted molar refractivity (Wildman–Crippen MR) is 73.4 cm³/mol. The lowest BCUT2D eigenvalue weighted by Gasteiger charge is -2.13. The molecule has 21 heavy (non-hydrogen) atoms. The van der Waals surface area contributed by atoms with E-state index in [-0.39, 0.29) is 16.9 Å². The molecule has 1 aromatic rings. The van der Waals surface area contributed by atoms with E-state index in [2.05, 4.69) is 14.8 Å². The molecule has 0 saturated carbocycles. The van der Waals surface area contributed by atoms with Gasteiger partial charge in [0.05, 0.1) is 38.7 Å². The first kappa shape index (κ1) is 16.0. The van der Waals surface area contributed by atoms with Gasteiger partial charge in [-0.15, -0.1) is 0 Å². The van der Waals surface area contributed by atoms with E-state index in [1.165, 1.54) is 27.4 Å². The van der Waals surface area contributed by atoms with Gasteiger partial charge < -0.3 is 19.5 Å². The molecule has 7 nitrogen and oxygen atoms in total. The molecule has 1 aromatic carbocycles. The Labute approximate surface area is 121 Å². The van der Waals surface area contributed by atoms with Crippen LogP contribution in [0.3, 0.4) is 0 Å². The molecule has 0 bridgehead atoms. The zero-order valence-electron chi connectivity index (χ0n) is 11.8. The van der Waals surface area contributed by atoms with Crippen LogP contribution in [0, 0.1) is 11.3 Å². The van der Waals surface area contributed by atoms with Gasteiger partial charge in [0.25, 0.3) is 0 Å². The number of nitrogens with one attached hydrogen (secondary N) is 1. The molecular weight excluding hydrogens is 276 g/mol. The van der Waals surface area contributed by atoms with Crippen molar-refractivity contribution in [2.75, 3.05) is 26.6 Å². The number of carbonyl (C=O) groups is 2. The number of rotatable bonds is 5. The summed E-state index contributed by atoms with van der Waals surface area (Å²) < 4.78 is 14.2. The van der Waals surface area contributed by atoms with Gasteiger partial charge in [-0.05, 0) is 12.1 Å². The molecule has 7 heteroatoms. The Bertz CT molecular complexity index is 616. The van der Waals surface area contributed by atoms with E-state index in [9.17, 15) is 9.59 Å². The van der Waals surface area contributed by atoms with E-state index in [0.29, 0.717) is 5.75 Å². The summed E-state index contributed by atoms with van der Waals surface area (Å²) in [6, 6.07) is 6.74. The summed E-state index contributed by atoms with van der Waals surface area (Å²) >= 11 is 0. The second-order valence-corrected chi connectivity index (χ2v) is 3.69. The third-order valence-corrected chi connectivity index (χ3v) is 2.49. The minimum Gasteiger partial charge on any atom is -0.495 e. The van der Waals surface area contributed by atoms with Crippen molar-refractivity contribution < 1.29 is 23.8 Å². The van der Waals surface area contributed by atoms with E-state index in [0.717, 1.165) is 6.08 Å². The summed E-state index contributed by atoms with van der Waals surface area (Å²) in [5.41, 5.74) is 0.322. The lowest BCUT2D eigenvalue weighted by molar-refractivity contribution is -0.138. The zero-order chi connectivity index (χ0) is 15.8. The van der Waals surface area contributed by atoms with Gasteiger partial charge in [0, 0.05) is 0 Å². The summed E-state index contributed by atoms with van der Waals surface area (Å²) in [5, 5.41) is 11.8.